The van der Waals surface area contributed by atoms with Crippen LogP contribution >= 0.6 is 11.3 Å². The Hall–Kier alpha value is -1.83. The van der Waals surface area contributed by atoms with Gasteiger partial charge in [0.15, 0.2) is 0 Å². The molecule has 7 heteroatoms. The summed E-state index contributed by atoms with van der Waals surface area (Å²) in [6, 6.07) is 4.33. The van der Waals surface area contributed by atoms with Gasteiger partial charge in [-0.1, -0.05) is 6.07 Å². The lowest BCUT2D eigenvalue weighted by atomic mass is 9.98. The lowest BCUT2D eigenvalue weighted by molar-refractivity contribution is -0.0914. The highest BCUT2D eigenvalue weighted by Crippen LogP contribution is 2.26. The zero-order valence-electron chi connectivity index (χ0n) is 13.4. The Morgan fingerprint density at radius 3 is 3.12 bits per heavy atom. The van der Waals surface area contributed by atoms with Crippen molar-refractivity contribution in [3.05, 3.63) is 46.7 Å². The normalized spacial score (nSPS) is 24.6. The molecular formula is C17H20N4O2S. The summed E-state index contributed by atoms with van der Waals surface area (Å²) in [7, 11) is 0. The van der Waals surface area contributed by atoms with Crippen LogP contribution in [0.25, 0.3) is 0 Å². The highest BCUT2D eigenvalue weighted by atomic mass is 32.1. The van der Waals surface area contributed by atoms with Gasteiger partial charge in [-0.05, 0) is 17.9 Å². The molecule has 6 nitrogen and oxygen atoms in total. The molecule has 2 aromatic rings. The van der Waals surface area contributed by atoms with Crippen molar-refractivity contribution in [3.63, 3.8) is 0 Å². The summed E-state index contributed by atoms with van der Waals surface area (Å²) in [6.45, 7) is 4.00. The third kappa shape index (κ3) is 3.19. The van der Waals surface area contributed by atoms with E-state index in [4.69, 9.17) is 4.74 Å². The molecule has 0 unspecified atom stereocenters. The fraction of sp³-hybridized carbons (Fsp3) is 0.471. The van der Waals surface area contributed by atoms with Crippen LogP contribution in [0.3, 0.4) is 0 Å². The topological polar surface area (TPSA) is 58.6 Å². The van der Waals surface area contributed by atoms with Crippen molar-refractivity contribution < 1.29 is 9.53 Å². The van der Waals surface area contributed by atoms with E-state index in [2.05, 4.69) is 32.4 Å². The van der Waals surface area contributed by atoms with Crippen LogP contribution in [0.4, 0.5) is 0 Å². The van der Waals surface area contributed by atoms with E-state index in [1.54, 1.807) is 29.9 Å². The highest BCUT2D eigenvalue weighted by Gasteiger charge is 2.39. The van der Waals surface area contributed by atoms with Crippen molar-refractivity contribution in [2.45, 2.75) is 25.1 Å². The zero-order chi connectivity index (χ0) is 16.4. The summed E-state index contributed by atoms with van der Waals surface area (Å²) in [5.74, 6) is -0.0422. The molecule has 4 rings (SSSR count). The van der Waals surface area contributed by atoms with Crippen LogP contribution in [-0.2, 0) is 11.3 Å². The number of hydrogen-bond donors (Lipinski definition) is 0. The van der Waals surface area contributed by atoms with E-state index in [0.717, 1.165) is 26.1 Å². The minimum Gasteiger partial charge on any atom is -0.374 e. The van der Waals surface area contributed by atoms with Gasteiger partial charge in [0, 0.05) is 43.4 Å². The Labute approximate surface area is 145 Å². The van der Waals surface area contributed by atoms with Gasteiger partial charge >= 0.3 is 0 Å². The van der Waals surface area contributed by atoms with Crippen LogP contribution in [0.15, 0.2) is 36.1 Å². The average Bonchev–Trinajstić information content (AvgIpc) is 3.14. The van der Waals surface area contributed by atoms with Gasteiger partial charge in [0.1, 0.15) is 5.69 Å². The summed E-state index contributed by atoms with van der Waals surface area (Å²) < 4.78 is 5.93. The molecule has 4 heterocycles. The average molecular weight is 344 g/mol. The van der Waals surface area contributed by atoms with Crippen LogP contribution in [-0.4, -0.2) is 64.1 Å². The Kier molecular flexibility index (Phi) is 4.55. The second-order valence-electron chi connectivity index (χ2n) is 6.17. The van der Waals surface area contributed by atoms with Crippen molar-refractivity contribution in [2.75, 3.05) is 26.2 Å². The lowest BCUT2D eigenvalue weighted by Gasteiger charge is -2.46. The number of carbonyl (C=O) groups excluding carboxylic acids is 1. The van der Waals surface area contributed by atoms with Gasteiger partial charge in [0.2, 0.25) is 0 Å². The molecule has 0 aromatic carbocycles. The number of aromatic nitrogens is 2. The minimum absolute atomic E-state index is 0.0422. The first-order valence-electron chi connectivity index (χ1n) is 8.24. The van der Waals surface area contributed by atoms with E-state index in [0.29, 0.717) is 18.8 Å². The third-order valence-electron chi connectivity index (χ3n) is 4.67. The monoisotopic (exact) mass is 344 g/mol. The smallest absolute Gasteiger partial charge is 0.274 e. The second kappa shape index (κ2) is 6.96. The summed E-state index contributed by atoms with van der Waals surface area (Å²) in [4.78, 5) is 26.7. The largest absolute Gasteiger partial charge is 0.374 e. The molecule has 2 fully saturated rings. The van der Waals surface area contributed by atoms with Crippen LogP contribution in [0.1, 0.15) is 21.8 Å². The molecule has 0 saturated carbocycles. The van der Waals surface area contributed by atoms with Gasteiger partial charge in [-0.15, -0.1) is 11.3 Å². The minimum atomic E-state index is -0.0422. The van der Waals surface area contributed by atoms with Gasteiger partial charge in [0.05, 0.1) is 24.9 Å². The number of piperidine rings is 1. The molecule has 2 aliphatic rings. The number of ether oxygens (including phenoxy) is 1. The van der Waals surface area contributed by atoms with Crippen molar-refractivity contribution in [3.8, 4) is 0 Å². The maximum Gasteiger partial charge on any atom is 0.274 e. The third-order valence-corrected chi connectivity index (χ3v) is 5.53. The molecule has 0 aliphatic carbocycles. The number of fused-ring (bicyclic) bond motifs is 1. The summed E-state index contributed by atoms with van der Waals surface area (Å²) in [6.07, 6.45) is 5.77. The maximum absolute atomic E-state index is 12.8. The van der Waals surface area contributed by atoms with Crippen LogP contribution in [0, 0.1) is 0 Å². The predicted octanol–water partition coefficient (Wildman–Crippen LogP) is 1.65. The second-order valence-corrected chi connectivity index (χ2v) is 7.20. The maximum atomic E-state index is 12.8. The molecule has 0 bridgehead atoms. The molecule has 0 radical (unpaired) electrons. The summed E-state index contributed by atoms with van der Waals surface area (Å²) in [5, 5.41) is 2.11. The molecule has 0 spiro atoms. The lowest BCUT2D eigenvalue weighted by Crippen LogP contribution is -2.61. The summed E-state index contributed by atoms with van der Waals surface area (Å²) in [5.41, 5.74) is 0.411. The number of morpholine rings is 1. The first-order chi connectivity index (χ1) is 11.8. The molecule has 2 atom stereocenters. The molecular weight excluding hydrogens is 324 g/mol. The van der Waals surface area contributed by atoms with Crippen molar-refractivity contribution in [2.24, 2.45) is 0 Å². The van der Waals surface area contributed by atoms with Crippen molar-refractivity contribution in [1.82, 2.24) is 19.8 Å². The number of hydrogen-bond acceptors (Lipinski definition) is 6. The first kappa shape index (κ1) is 15.7. The first-order valence-corrected chi connectivity index (χ1v) is 9.12. The molecule has 2 saturated heterocycles. The van der Waals surface area contributed by atoms with Crippen molar-refractivity contribution >= 4 is 17.2 Å². The number of nitrogens with zero attached hydrogens (tertiary/aromatic N) is 4. The van der Waals surface area contributed by atoms with E-state index >= 15 is 0 Å². The Morgan fingerprint density at radius 2 is 2.33 bits per heavy atom. The molecule has 1 amide bonds. The van der Waals surface area contributed by atoms with E-state index in [9.17, 15) is 4.79 Å². The predicted molar refractivity (Wildman–Crippen MR) is 90.8 cm³/mol. The molecule has 2 aromatic heterocycles. The van der Waals surface area contributed by atoms with E-state index in [1.807, 2.05) is 4.90 Å². The standard InChI is InChI=1S/C17H20N4O2S/c22-17(14-10-18-4-5-19-14)21-7-8-23-16-3-6-20(12-15(16)21)11-13-2-1-9-24-13/h1-2,4-5,9-10,15-16H,3,6-8,11-12H2/t15-,16-/m1/s1. The van der Waals surface area contributed by atoms with E-state index < -0.39 is 0 Å². The number of likely N-dealkylation sites (tertiary alicyclic amines) is 1. The number of thiophene rings is 1. The summed E-state index contributed by atoms with van der Waals surface area (Å²) >= 11 is 1.78. The fourth-order valence-electron chi connectivity index (χ4n) is 3.51. The quantitative estimate of drug-likeness (QED) is 0.847. The van der Waals surface area contributed by atoms with Gasteiger partial charge in [-0.2, -0.15) is 0 Å². The van der Waals surface area contributed by atoms with E-state index in [-0.39, 0.29) is 18.1 Å². The molecule has 126 valence electrons. The van der Waals surface area contributed by atoms with Crippen molar-refractivity contribution in [1.29, 1.82) is 0 Å². The van der Waals surface area contributed by atoms with Crippen LogP contribution < -0.4 is 0 Å². The van der Waals surface area contributed by atoms with E-state index in [1.165, 1.54) is 4.88 Å². The van der Waals surface area contributed by atoms with Gasteiger partial charge in [-0.3, -0.25) is 14.7 Å². The fourth-order valence-corrected chi connectivity index (χ4v) is 4.26. The number of rotatable bonds is 3. The van der Waals surface area contributed by atoms with Gasteiger partial charge < -0.3 is 9.64 Å². The molecule has 24 heavy (non-hydrogen) atoms. The van der Waals surface area contributed by atoms with Crippen LogP contribution in [0.2, 0.25) is 0 Å². The highest BCUT2D eigenvalue weighted by molar-refractivity contribution is 7.09. The number of amides is 1. The SMILES string of the molecule is O=C(c1cnccn1)N1CCO[C@@H]2CCN(Cc3cccs3)C[C@H]21. The van der Waals surface area contributed by atoms with Gasteiger partial charge in [-0.25, -0.2) is 4.98 Å². The van der Waals surface area contributed by atoms with Gasteiger partial charge in [0.25, 0.3) is 5.91 Å². The number of carbonyl (C=O) groups is 1. The Morgan fingerprint density at radius 1 is 1.38 bits per heavy atom. The Balaban J connectivity index is 1.49. The molecule has 0 N–H and O–H groups in total. The van der Waals surface area contributed by atoms with Crippen LogP contribution in [0.5, 0.6) is 0 Å². The molecule has 2 aliphatic heterocycles. The Bertz CT molecular complexity index is 679. The zero-order valence-corrected chi connectivity index (χ0v) is 14.2.